The molecule has 0 N–H and O–H groups in total. The Morgan fingerprint density at radius 2 is 1.48 bits per heavy atom. The average Bonchev–Trinajstić information content (AvgIpc) is 2.70. The fraction of sp³-hybridized carbons (Fsp3) is 0.136. The molecule has 0 bridgehead atoms. The van der Waals surface area contributed by atoms with Gasteiger partial charge in [-0.25, -0.2) is 0 Å². The Morgan fingerprint density at radius 3 is 2.11 bits per heavy atom. The van der Waals surface area contributed by atoms with Crippen molar-refractivity contribution in [1.82, 2.24) is 9.47 Å². The topological polar surface area (TPSA) is 59.4 Å². The second kappa shape index (κ2) is 8.27. The Hall–Kier alpha value is -3.47. The standard InChI is InChI=1S/C22H20N2O3/c1-23(16-17-10-4-2-5-11-17)22(27)20(24-15-9-8-14-19(24)25)21(26)18-12-6-3-7-13-18/h2-15,20H,16H2,1H3/t20-/m0/s1. The van der Waals surface area contributed by atoms with E-state index < -0.39 is 23.3 Å². The number of hydrogen-bond donors (Lipinski definition) is 0. The fourth-order valence-corrected chi connectivity index (χ4v) is 2.91. The number of amides is 1. The van der Waals surface area contributed by atoms with E-state index in [0.29, 0.717) is 12.1 Å². The molecule has 2 aromatic carbocycles. The highest BCUT2D eigenvalue weighted by atomic mass is 16.2. The zero-order chi connectivity index (χ0) is 19.2. The molecular weight excluding hydrogens is 340 g/mol. The molecule has 1 atom stereocenters. The van der Waals surface area contributed by atoms with Crippen LogP contribution < -0.4 is 5.56 Å². The van der Waals surface area contributed by atoms with Crippen molar-refractivity contribution in [2.24, 2.45) is 0 Å². The van der Waals surface area contributed by atoms with E-state index in [2.05, 4.69) is 0 Å². The molecule has 0 aliphatic heterocycles. The molecule has 5 nitrogen and oxygen atoms in total. The summed E-state index contributed by atoms with van der Waals surface area (Å²) in [6, 6.07) is 21.4. The third kappa shape index (κ3) is 4.20. The Morgan fingerprint density at radius 1 is 0.889 bits per heavy atom. The van der Waals surface area contributed by atoms with Crippen LogP contribution in [-0.4, -0.2) is 28.2 Å². The lowest BCUT2D eigenvalue weighted by molar-refractivity contribution is -0.132. The molecule has 136 valence electrons. The molecule has 0 unspecified atom stereocenters. The summed E-state index contributed by atoms with van der Waals surface area (Å²) in [6.07, 6.45) is 1.47. The third-order valence-electron chi connectivity index (χ3n) is 4.31. The van der Waals surface area contributed by atoms with Gasteiger partial charge in [0.1, 0.15) is 0 Å². The summed E-state index contributed by atoms with van der Waals surface area (Å²) < 4.78 is 1.19. The maximum Gasteiger partial charge on any atom is 0.253 e. The first-order valence-corrected chi connectivity index (χ1v) is 8.63. The number of likely N-dealkylation sites (N-methyl/N-ethyl adjacent to an activating group) is 1. The molecule has 0 saturated heterocycles. The van der Waals surface area contributed by atoms with Gasteiger partial charge in [0.05, 0.1) is 0 Å². The van der Waals surface area contributed by atoms with Gasteiger partial charge in [-0.1, -0.05) is 66.7 Å². The smallest absolute Gasteiger partial charge is 0.253 e. The zero-order valence-corrected chi connectivity index (χ0v) is 15.0. The number of carbonyl (C=O) groups is 2. The monoisotopic (exact) mass is 360 g/mol. The van der Waals surface area contributed by atoms with E-state index >= 15 is 0 Å². The van der Waals surface area contributed by atoms with Gasteiger partial charge in [-0.3, -0.25) is 19.0 Å². The molecule has 0 aliphatic carbocycles. The van der Waals surface area contributed by atoms with Gasteiger partial charge in [-0.2, -0.15) is 0 Å². The van der Waals surface area contributed by atoms with E-state index in [0.717, 1.165) is 5.56 Å². The van der Waals surface area contributed by atoms with Crippen molar-refractivity contribution in [1.29, 1.82) is 0 Å². The van der Waals surface area contributed by atoms with E-state index in [4.69, 9.17) is 0 Å². The highest BCUT2D eigenvalue weighted by Gasteiger charge is 2.32. The quantitative estimate of drug-likeness (QED) is 0.502. The predicted octanol–water partition coefficient (Wildman–Crippen LogP) is 2.93. The number of nitrogens with zero attached hydrogens (tertiary/aromatic N) is 2. The molecule has 3 aromatic rings. The van der Waals surface area contributed by atoms with Crippen molar-refractivity contribution in [2.75, 3.05) is 7.05 Å². The minimum absolute atomic E-state index is 0.347. The Kier molecular flexibility index (Phi) is 5.61. The summed E-state index contributed by atoms with van der Waals surface area (Å²) in [7, 11) is 1.63. The van der Waals surface area contributed by atoms with E-state index in [-0.39, 0.29) is 0 Å². The first-order chi connectivity index (χ1) is 13.1. The fourth-order valence-electron chi connectivity index (χ4n) is 2.91. The molecule has 0 fully saturated rings. The first-order valence-electron chi connectivity index (χ1n) is 8.63. The van der Waals surface area contributed by atoms with Crippen LogP contribution in [0.5, 0.6) is 0 Å². The summed E-state index contributed by atoms with van der Waals surface area (Å²) in [5.74, 6) is -0.838. The van der Waals surface area contributed by atoms with Crippen LogP contribution >= 0.6 is 0 Å². The largest absolute Gasteiger partial charge is 0.339 e. The molecular formula is C22H20N2O3. The number of pyridine rings is 1. The van der Waals surface area contributed by atoms with Gasteiger partial charge >= 0.3 is 0 Å². The van der Waals surface area contributed by atoms with Crippen LogP contribution in [0.4, 0.5) is 0 Å². The number of ketones is 1. The Labute approximate surface area is 157 Å². The molecule has 5 heteroatoms. The van der Waals surface area contributed by atoms with Crippen LogP contribution in [0.25, 0.3) is 0 Å². The number of Topliss-reactive ketones (excluding diaryl/α,β-unsaturated/α-hetero) is 1. The van der Waals surface area contributed by atoms with Crippen LogP contribution in [-0.2, 0) is 11.3 Å². The maximum atomic E-state index is 13.2. The first kappa shape index (κ1) is 18.3. The number of rotatable bonds is 6. The van der Waals surface area contributed by atoms with Crippen LogP contribution in [0.2, 0.25) is 0 Å². The van der Waals surface area contributed by atoms with Crippen molar-refractivity contribution in [3.8, 4) is 0 Å². The molecule has 1 aromatic heterocycles. The van der Waals surface area contributed by atoms with Gasteiger partial charge in [-0.15, -0.1) is 0 Å². The highest BCUT2D eigenvalue weighted by Crippen LogP contribution is 2.17. The van der Waals surface area contributed by atoms with E-state index in [9.17, 15) is 14.4 Å². The number of aromatic nitrogens is 1. The van der Waals surface area contributed by atoms with Crippen molar-refractivity contribution in [3.05, 3.63) is 107 Å². The minimum atomic E-state index is -1.24. The van der Waals surface area contributed by atoms with Gasteiger partial charge < -0.3 is 4.90 Å². The van der Waals surface area contributed by atoms with Gasteiger partial charge in [0, 0.05) is 31.4 Å². The third-order valence-corrected chi connectivity index (χ3v) is 4.31. The van der Waals surface area contributed by atoms with E-state index in [1.165, 1.54) is 21.7 Å². The van der Waals surface area contributed by atoms with Crippen LogP contribution in [0, 0.1) is 0 Å². The van der Waals surface area contributed by atoms with E-state index in [1.807, 2.05) is 30.3 Å². The second-order valence-corrected chi connectivity index (χ2v) is 6.26. The molecule has 27 heavy (non-hydrogen) atoms. The number of benzene rings is 2. The maximum absolute atomic E-state index is 13.2. The molecule has 1 heterocycles. The average molecular weight is 360 g/mol. The van der Waals surface area contributed by atoms with Crippen LogP contribution in [0.1, 0.15) is 22.0 Å². The summed E-state index contributed by atoms with van der Waals surface area (Å²) in [5, 5.41) is 0. The second-order valence-electron chi connectivity index (χ2n) is 6.26. The normalized spacial score (nSPS) is 11.6. The van der Waals surface area contributed by atoms with Gasteiger partial charge in [0.2, 0.25) is 0 Å². The molecule has 3 rings (SSSR count). The Balaban J connectivity index is 1.96. The summed E-state index contributed by atoms with van der Waals surface area (Å²) in [4.78, 5) is 40.0. The van der Waals surface area contributed by atoms with Crippen LogP contribution in [0.15, 0.2) is 89.9 Å². The van der Waals surface area contributed by atoms with Crippen molar-refractivity contribution < 1.29 is 9.59 Å². The summed E-state index contributed by atoms with van der Waals surface area (Å²) >= 11 is 0. The lowest BCUT2D eigenvalue weighted by Crippen LogP contribution is -2.41. The predicted molar refractivity (Wildman–Crippen MR) is 103 cm³/mol. The molecule has 1 amide bonds. The molecule has 0 spiro atoms. The van der Waals surface area contributed by atoms with Gasteiger partial charge in [0.25, 0.3) is 11.5 Å². The molecule has 0 radical (unpaired) electrons. The minimum Gasteiger partial charge on any atom is -0.339 e. The highest BCUT2D eigenvalue weighted by molar-refractivity contribution is 6.11. The Bertz CT molecular complexity index is 981. The van der Waals surface area contributed by atoms with Crippen molar-refractivity contribution >= 4 is 11.7 Å². The van der Waals surface area contributed by atoms with Gasteiger partial charge in [0.15, 0.2) is 11.8 Å². The van der Waals surface area contributed by atoms with Crippen molar-refractivity contribution in [2.45, 2.75) is 12.6 Å². The number of hydrogen-bond acceptors (Lipinski definition) is 3. The van der Waals surface area contributed by atoms with Crippen molar-refractivity contribution in [3.63, 3.8) is 0 Å². The number of carbonyl (C=O) groups excluding carboxylic acids is 2. The summed E-state index contributed by atoms with van der Waals surface area (Å²) in [6.45, 7) is 0.347. The zero-order valence-electron chi connectivity index (χ0n) is 15.0. The van der Waals surface area contributed by atoms with Crippen LogP contribution in [0.3, 0.4) is 0 Å². The van der Waals surface area contributed by atoms with E-state index in [1.54, 1.807) is 49.5 Å². The SMILES string of the molecule is CN(Cc1ccccc1)C(=O)[C@H](C(=O)c1ccccc1)n1ccccc1=O. The molecule has 0 aliphatic rings. The van der Waals surface area contributed by atoms with Gasteiger partial charge in [-0.05, 0) is 11.6 Å². The lowest BCUT2D eigenvalue weighted by atomic mass is 10.0. The lowest BCUT2D eigenvalue weighted by Gasteiger charge is -2.24. The molecule has 0 saturated carbocycles. The summed E-state index contributed by atoms with van der Waals surface area (Å²) in [5.41, 5.74) is 0.938.